The van der Waals surface area contributed by atoms with E-state index in [9.17, 15) is 4.79 Å². The van der Waals surface area contributed by atoms with Crippen molar-refractivity contribution < 1.29 is 9.90 Å². The standard InChI is InChI=1S/C8H13NO2/c10-5-6-4-8(11)9-3-1-2-7(6)9/h6-7,10H,1-5H2/t6-,7+/m1/s1. The molecule has 3 heteroatoms. The van der Waals surface area contributed by atoms with Gasteiger partial charge in [-0.25, -0.2) is 0 Å². The fourth-order valence-electron chi connectivity index (χ4n) is 2.26. The van der Waals surface area contributed by atoms with Gasteiger partial charge in [0, 0.05) is 31.5 Å². The summed E-state index contributed by atoms with van der Waals surface area (Å²) in [6.07, 6.45) is 2.78. The van der Waals surface area contributed by atoms with Crippen molar-refractivity contribution in [1.82, 2.24) is 4.90 Å². The molecule has 3 nitrogen and oxygen atoms in total. The Labute approximate surface area is 66.0 Å². The Balaban J connectivity index is 2.13. The third kappa shape index (κ3) is 0.948. The molecule has 0 aromatic rings. The number of hydrogen-bond donors (Lipinski definition) is 1. The highest BCUT2D eigenvalue weighted by atomic mass is 16.3. The first-order chi connectivity index (χ1) is 5.33. The Morgan fingerprint density at radius 3 is 3.18 bits per heavy atom. The number of carbonyl (C=O) groups excluding carboxylic acids is 1. The van der Waals surface area contributed by atoms with Crippen LogP contribution in [-0.4, -0.2) is 35.1 Å². The van der Waals surface area contributed by atoms with Gasteiger partial charge in [0.25, 0.3) is 0 Å². The first-order valence-electron chi connectivity index (χ1n) is 4.23. The molecule has 2 rings (SSSR count). The van der Waals surface area contributed by atoms with Gasteiger partial charge < -0.3 is 10.0 Å². The summed E-state index contributed by atoms with van der Waals surface area (Å²) in [6, 6.07) is 0.368. The zero-order valence-corrected chi connectivity index (χ0v) is 6.49. The fourth-order valence-corrected chi connectivity index (χ4v) is 2.26. The third-order valence-corrected chi connectivity index (χ3v) is 2.84. The van der Waals surface area contributed by atoms with Crippen molar-refractivity contribution in [2.75, 3.05) is 13.2 Å². The molecule has 62 valence electrons. The molecule has 0 aromatic heterocycles. The van der Waals surface area contributed by atoms with E-state index in [-0.39, 0.29) is 18.4 Å². The Morgan fingerprint density at radius 1 is 1.64 bits per heavy atom. The first-order valence-corrected chi connectivity index (χ1v) is 4.23. The van der Waals surface area contributed by atoms with Gasteiger partial charge in [0.15, 0.2) is 0 Å². The van der Waals surface area contributed by atoms with Crippen LogP contribution in [0.2, 0.25) is 0 Å². The van der Waals surface area contributed by atoms with Crippen LogP contribution in [0.5, 0.6) is 0 Å². The van der Waals surface area contributed by atoms with Gasteiger partial charge in [-0.1, -0.05) is 0 Å². The molecule has 2 aliphatic rings. The summed E-state index contributed by atoms with van der Waals surface area (Å²) < 4.78 is 0. The highest BCUT2D eigenvalue weighted by molar-refractivity contribution is 5.79. The topological polar surface area (TPSA) is 40.5 Å². The van der Waals surface area contributed by atoms with E-state index in [0.717, 1.165) is 19.4 Å². The monoisotopic (exact) mass is 155 g/mol. The minimum Gasteiger partial charge on any atom is -0.396 e. The maximum atomic E-state index is 11.2. The number of aliphatic hydroxyl groups is 1. The van der Waals surface area contributed by atoms with Crippen LogP contribution in [0.3, 0.4) is 0 Å². The molecule has 2 fully saturated rings. The molecular weight excluding hydrogens is 142 g/mol. The van der Waals surface area contributed by atoms with Gasteiger partial charge in [-0.3, -0.25) is 4.79 Å². The molecule has 1 N–H and O–H groups in total. The number of rotatable bonds is 1. The van der Waals surface area contributed by atoms with Crippen LogP contribution >= 0.6 is 0 Å². The van der Waals surface area contributed by atoms with E-state index in [4.69, 9.17) is 5.11 Å². The van der Waals surface area contributed by atoms with E-state index >= 15 is 0 Å². The molecule has 0 bridgehead atoms. The number of amides is 1. The van der Waals surface area contributed by atoms with Crippen LogP contribution in [0.4, 0.5) is 0 Å². The molecule has 0 radical (unpaired) electrons. The maximum Gasteiger partial charge on any atom is 0.223 e. The number of hydrogen-bond acceptors (Lipinski definition) is 2. The second kappa shape index (κ2) is 2.48. The average molecular weight is 155 g/mol. The third-order valence-electron chi connectivity index (χ3n) is 2.84. The minimum atomic E-state index is 0.174. The van der Waals surface area contributed by atoms with Crippen LogP contribution in [0.15, 0.2) is 0 Å². The maximum absolute atomic E-state index is 11.2. The van der Waals surface area contributed by atoms with E-state index in [1.54, 1.807) is 0 Å². The van der Waals surface area contributed by atoms with Crippen LogP contribution in [0, 0.1) is 5.92 Å². The average Bonchev–Trinajstić information content (AvgIpc) is 2.54. The molecule has 0 spiro atoms. The minimum absolute atomic E-state index is 0.174. The SMILES string of the molecule is O=C1C[C@H](CO)[C@@H]2CCCN12. The summed E-state index contributed by atoms with van der Waals surface area (Å²) in [6.45, 7) is 1.09. The van der Waals surface area contributed by atoms with Crippen LogP contribution in [0.1, 0.15) is 19.3 Å². The lowest BCUT2D eigenvalue weighted by molar-refractivity contribution is -0.127. The van der Waals surface area contributed by atoms with Crippen LogP contribution < -0.4 is 0 Å². The lowest BCUT2D eigenvalue weighted by Gasteiger charge is -2.17. The van der Waals surface area contributed by atoms with Gasteiger partial charge in [0.05, 0.1) is 0 Å². The van der Waals surface area contributed by atoms with Crippen molar-refractivity contribution in [3.8, 4) is 0 Å². The van der Waals surface area contributed by atoms with Crippen molar-refractivity contribution in [3.63, 3.8) is 0 Å². The summed E-state index contributed by atoms with van der Waals surface area (Å²) in [5, 5.41) is 8.95. The van der Waals surface area contributed by atoms with Crippen molar-refractivity contribution >= 4 is 5.91 Å². The first kappa shape index (κ1) is 7.10. The van der Waals surface area contributed by atoms with Gasteiger partial charge in [0.1, 0.15) is 0 Å². The lowest BCUT2D eigenvalue weighted by Crippen LogP contribution is -2.29. The smallest absolute Gasteiger partial charge is 0.223 e. The summed E-state index contributed by atoms with van der Waals surface area (Å²) >= 11 is 0. The van der Waals surface area contributed by atoms with Gasteiger partial charge in [0.2, 0.25) is 5.91 Å². The normalized spacial score (nSPS) is 36.5. The van der Waals surface area contributed by atoms with Crippen molar-refractivity contribution in [3.05, 3.63) is 0 Å². The van der Waals surface area contributed by atoms with E-state index in [1.807, 2.05) is 4.90 Å². The zero-order valence-electron chi connectivity index (χ0n) is 6.49. The molecule has 2 aliphatic heterocycles. The Morgan fingerprint density at radius 2 is 2.45 bits per heavy atom. The van der Waals surface area contributed by atoms with Gasteiger partial charge in [-0.2, -0.15) is 0 Å². The van der Waals surface area contributed by atoms with E-state index in [2.05, 4.69) is 0 Å². The Kier molecular flexibility index (Phi) is 1.60. The van der Waals surface area contributed by atoms with E-state index in [0.29, 0.717) is 12.5 Å². The van der Waals surface area contributed by atoms with Gasteiger partial charge in [-0.15, -0.1) is 0 Å². The van der Waals surface area contributed by atoms with Crippen molar-refractivity contribution in [1.29, 1.82) is 0 Å². The summed E-state index contributed by atoms with van der Waals surface area (Å²) in [5.41, 5.74) is 0. The second-order valence-electron chi connectivity index (χ2n) is 3.44. The summed E-state index contributed by atoms with van der Waals surface area (Å²) in [7, 11) is 0. The summed E-state index contributed by atoms with van der Waals surface area (Å²) in [5.74, 6) is 0.469. The van der Waals surface area contributed by atoms with Gasteiger partial charge >= 0.3 is 0 Å². The molecule has 2 heterocycles. The molecule has 11 heavy (non-hydrogen) atoms. The predicted molar refractivity (Wildman–Crippen MR) is 39.9 cm³/mol. The van der Waals surface area contributed by atoms with Crippen LogP contribution in [0.25, 0.3) is 0 Å². The number of fused-ring (bicyclic) bond motifs is 1. The zero-order chi connectivity index (χ0) is 7.84. The van der Waals surface area contributed by atoms with Crippen molar-refractivity contribution in [2.24, 2.45) is 5.92 Å². The summed E-state index contributed by atoms with van der Waals surface area (Å²) in [4.78, 5) is 13.2. The molecule has 2 atom stereocenters. The highest BCUT2D eigenvalue weighted by Crippen LogP contribution is 2.32. The predicted octanol–water partition coefficient (Wildman–Crippen LogP) is -0.0104. The van der Waals surface area contributed by atoms with E-state index in [1.165, 1.54) is 0 Å². The highest BCUT2D eigenvalue weighted by Gasteiger charge is 2.41. The quantitative estimate of drug-likeness (QED) is 0.578. The molecular formula is C8H13NO2. The molecule has 0 aliphatic carbocycles. The molecule has 0 saturated carbocycles. The molecule has 0 unspecified atom stereocenters. The second-order valence-corrected chi connectivity index (χ2v) is 3.44. The van der Waals surface area contributed by atoms with Crippen molar-refractivity contribution in [2.45, 2.75) is 25.3 Å². The Hall–Kier alpha value is -0.570. The Bertz CT molecular complexity index is 181. The van der Waals surface area contributed by atoms with E-state index < -0.39 is 0 Å². The lowest BCUT2D eigenvalue weighted by atomic mass is 10.00. The van der Waals surface area contributed by atoms with Crippen LogP contribution in [-0.2, 0) is 4.79 Å². The largest absolute Gasteiger partial charge is 0.396 e. The molecule has 1 amide bonds. The fraction of sp³-hybridized carbons (Fsp3) is 0.875. The van der Waals surface area contributed by atoms with Gasteiger partial charge in [-0.05, 0) is 12.8 Å². The number of aliphatic hydroxyl groups excluding tert-OH is 1. The number of carbonyl (C=O) groups is 1. The molecule has 2 saturated heterocycles. The number of nitrogens with zero attached hydrogens (tertiary/aromatic N) is 1. The molecule has 0 aromatic carbocycles.